The average Bonchev–Trinajstić information content (AvgIpc) is 3.08. The summed E-state index contributed by atoms with van der Waals surface area (Å²) in [6.45, 7) is 4.47. The van der Waals surface area contributed by atoms with Gasteiger partial charge in [0.15, 0.2) is 6.17 Å². The molecule has 3 atom stereocenters. The maximum absolute atomic E-state index is 11.9. The van der Waals surface area contributed by atoms with Crippen LogP contribution in [-0.4, -0.2) is 31.7 Å². The Morgan fingerprint density at radius 1 is 1.15 bits per heavy atom. The third-order valence-corrected chi connectivity index (χ3v) is 6.02. The van der Waals surface area contributed by atoms with Gasteiger partial charge in [-0.25, -0.2) is 4.79 Å². The number of hydrogen-bond acceptors (Lipinski definition) is 3. The van der Waals surface area contributed by atoms with E-state index in [1.54, 1.807) is 4.90 Å². The number of hydrogen-bond donors (Lipinski definition) is 1. The number of nitrogens with zero attached hydrogens (tertiary/aromatic N) is 1. The Labute approximate surface area is 165 Å². The number of anilines is 1. The zero-order valence-corrected chi connectivity index (χ0v) is 16.4. The number of nitrogens with one attached hydrogen (secondary N) is 1. The van der Waals surface area contributed by atoms with Crippen molar-refractivity contribution in [2.75, 3.05) is 24.6 Å². The van der Waals surface area contributed by atoms with Gasteiger partial charge in [-0.05, 0) is 68.3 Å². The Morgan fingerprint density at radius 3 is 2.59 bits per heavy atom. The van der Waals surface area contributed by atoms with Gasteiger partial charge in [-0.3, -0.25) is 0 Å². The maximum atomic E-state index is 11.9. The van der Waals surface area contributed by atoms with Gasteiger partial charge >= 0.3 is 5.97 Å². The molecule has 4 nitrogen and oxygen atoms in total. The molecule has 2 aromatic carbocycles. The van der Waals surface area contributed by atoms with E-state index in [9.17, 15) is 4.79 Å². The molecule has 142 valence electrons. The first-order valence-corrected chi connectivity index (χ1v) is 10.2. The lowest BCUT2D eigenvalue weighted by Crippen LogP contribution is -3.15. The van der Waals surface area contributed by atoms with Crippen LogP contribution in [-0.2, 0) is 4.74 Å². The van der Waals surface area contributed by atoms with Crippen molar-refractivity contribution >= 4 is 23.3 Å². The molecule has 0 amide bonds. The number of carbonyl (C=O) groups is 1. The summed E-state index contributed by atoms with van der Waals surface area (Å²) in [6, 6.07) is 16.8. The van der Waals surface area contributed by atoms with Gasteiger partial charge in [-0.1, -0.05) is 11.6 Å². The van der Waals surface area contributed by atoms with Crippen LogP contribution in [0.3, 0.4) is 0 Å². The summed E-state index contributed by atoms with van der Waals surface area (Å²) in [6.07, 6.45) is 4.17. The minimum absolute atomic E-state index is 0.261. The molecule has 27 heavy (non-hydrogen) atoms. The number of ether oxygens (including phenoxy) is 1. The normalized spacial score (nSPS) is 24.5. The zero-order chi connectivity index (χ0) is 18.8. The molecule has 2 aromatic rings. The molecule has 1 unspecified atom stereocenters. The summed E-state index contributed by atoms with van der Waals surface area (Å²) < 4.78 is 5.10. The predicted octanol–water partition coefficient (Wildman–Crippen LogP) is 3.47. The van der Waals surface area contributed by atoms with E-state index in [0.29, 0.717) is 24.4 Å². The molecule has 0 spiro atoms. The highest BCUT2D eigenvalue weighted by atomic mass is 35.5. The molecule has 0 aromatic heterocycles. The van der Waals surface area contributed by atoms with Crippen molar-refractivity contribution in [2.24, 2.45) is 0 Å². The molecule has 0 bridgehead atoms. The highest BCUT2D eigenvalue weighted by Gasteiger charge is 2.45. The number of esters is 1. The van der Waals surface area contributed by atoms with Gasteiger partial charge in [0, 0.05) is 22.7 Å². The summed E-state index contributed by atoms with van der Waals surface area (Å²) in [7, 11) is 0. The molecular weight excluding hydrogens is 360 g/mol. The second-order valence-electron chi connectivity index (χ2n) is 7.39. The second kappa shape index (κ2) is 7.91. The lowest BCUT2D eigenvalue weighted by atomic mass is 10.0. The Hall–Kier alpha value is -2.04. The Bertz CT molecular complexity index is 791. The van der Waals surface area contributed by atoms with Crippen molar-refractivity contribution in [3.63, 3.8) is 0 Å². The molecular formula is C22H26ClN2O2+. The van der Waals surface area contributed by atoms with Gasteiger partial charge in [-0.15, -0.1) is 0 Å². The summed E-state index contributed by atoms with van der Waals surface area (Å²) in [5.74, 6) is -0.261. The minimum Gasteiger partial charge on any atom is -0.462 e. The smallest absolute Gasteiger partial charge is 0.338 e. The standard InChI is InChI=1S/C22H25ClN2O2/c1-2-27-22(26)17-8-12-19(13-9-17)25-15-20-5-3-4-14-24(20)21(25)16-6-10-18(23)11-7-16/h6-13,20-21H,2-5,14-15H2,1H3/p+1/t20-,21+/m1/s1. The molecule has 0 aliphatic carbocycles. The minimum atomic E-state index is -0.261. The highest BCUT2D eigenvalue weighted by molar-refractivity contribution is 6.30. The maximum Gasteiger partial charge on any atom is 0.338 e. The van der Waals surface area contributed by atoms with Gasteiger partial charge in [0.1, 0.15) is 6.04 Å². The Kier molecular flexibility index (Phi) is 5.37. The first kappa shape index (κ1) is 18.3. The van der Waals surface area contributed by atoms with Crippen molar-refractivity contribution in [3.05, 3.63) is 64.7 Å². The van der Waals surface area contributed by atoms with E-state index in [2.05, 4.69) is 17.0 Å². The van der Waals surface area contributed by atoms with Gasteiger partial charge in [0.2, 0.25) is 0 Å². The summed E-state index contributed by atoms with van der Waals surface area (Å²) >= 11 is 6.12. The Morgan fingerprint density at radius 2 is 1.89 bits per heavy atom. The zero-order valence-electron chi connectivity index (χ0n) is 15.7. The molecule has 5 heteroatoms. The van der Waals surface area contributed by atoms with Crippen LogP contribution in [0.5, 0.6) is 0 Å². The third kappa shape index (κ3) is 3.69. The lowest BCUT2D eigenvalue weighted by Gasteiger charge is -2.32. The van der Waals surface area contributed by atoms with Crippen LogP contribution in [0, 0.1) is 0 Å². The lowest BCUT2D eigenvalue weighted by molar-refractivity contribution is -0.945. The first-order valence-electron chi connectivity index (χ1n) is 9.82. The van der Waals surface area contributed by atoms with Crippen LogP contribution in [0.15, 0.2) is 48.5 Å². The van der Waals surface area contributed by atoms with Crippen molar-refractivity contribution in [2.45, 2.75) is 38.4 Å². The average molecular weight is 386 g/mol. The predicted molar refractivity (Wildman–Crippen MR) is 107 cm³/mol. The largest absolute Gasteiger partial charge is 0.462 e. The molecule has 4 rings (SSSR count). The van der Waals surface area contributed by atoms with Crippen LogP contribution in [0.1, 0.15) is 48.3 Å². The SMILES string of the molecule is CCOC(=O)c1ccc(N2C[C@H]3CCCC[NH+]3[C@@H]2c2ccc(Cl)cc2)cc1. The Balaban J connectivity index is 1.64. The number of fused-ring (bicyclic) bond motifs is 1. The van der Waals surface area contributed by atoms with E-state index < -0.39 is 0 Å². The first-order chi connectivity index (χ1) is 13.2. The van der Waals surface area contributed by atoms with E-state index in [1.165, 1.54) is 31.4 Å². The van der Waals surface area contributed by atoms with Crippen molar-refractivity contribution in [3.8, 4) is 0 Å². The monoisotopic (exact) mass is 385 g/mol. The van der Waals surface area contributed by atoms with Crippen molar-refractivity contribution < 1.29 is 14.4 Å². The number of rotatable bonds is 4. The van der Waals surface area contributed by atoms with Crippen LogP contribution in [0.2, 0.25) is 5.02 Å². The number of carbonyl (C=O) groups excluding carboxylic acids is 1. The van der Waals surface area contributed by atoms with Gasteiger partial charge in [0.05, 0.1) is 25.3 Å². The van der Waals surface area contributed by atoms with Crippen LogP contribution < -0.4 is 9.80 Å². The van der Waals surface area contributed by atoms with Crippen LogP contribution in [0.25, 0.3) is 0 Å². The molecule has 2 fully saturated rings. The van der Waals surface area contributed by atoms with Gasteiger partial charge in [0.25, 0.3) is 0 Å². The van der Waals surface area contributed by atoms with E-state index in [1.807, 2.05) is 43.3 Å². The van der Waals surface area contributed by atoms with Crippen molar-refractivity contribution in [1.29, 1.82) is 0 Å². The number of quaternary nitrogens is 1. The number of piperidine rings is 1. The van der Waals surface area contributed by atoms with Crippen LogP contribution >= 0.6 is 11.6 Å². The molecule has 2 aliphatic rings. The summed E-state index contributed by atoms with van der Waals surface area (Å²) in [5, 5.41) is 0.771. The fourth-order valence-corrected chi connectivity index (χ4v) is 4.64. The fourth-order valence-electron chi connectivity index (χ4n) is 4.52. The topological polar surface area (TPSA) is 34.0 Å². The highest BCUT2D eigenvalue weighted by Crippen LogP contribution is 2.30. The molecule has 1 N–H and O–H groups in total. The molecule has 0 saturated carbocycles. The van der Waals surface area contributed by atoms with E-state index in [-0.39, 0.29) is 5.97 Å². The van der Waals surface area contributed by atoms with Crippen molar-refractivity contribution in [1.82, 2.24) is 0 Å². The fraction of sp³-hybridized carbons (Fsp3) is 0.409. The summed E-state index contributed by atoms with van der Waals surface area (Å²) in [5.41, 5.74) is 3.06. The molecule has 2 aliphatic heterocycles. The molecule has 2 heterocycles. The van der Waals surface area contributed by atoms with Gasteiger partial charge < -0.3 is 14.5 Å². The third-order valence-electron chi connectivity index (χ3n) is 5.77. The van der Waals surface area contributed by atoms with Crippen LogP contribution in [0.4, 0.5) is 5.69 Å². The van der Waals surface area contributed by atoms with E-state index >= 15 is 0 Å². The number of benzene rings is 2. The number of halogens is 1. The van der Waals surface area contributed by atoms with Gasteiger partial charge in [-0.2, -0.15) is 0 Å². The summed E-state index contributed by atoms with van der Waals surface area (Å²) in [4.78, 5) is 16.1. The molecule has 0 radical (unpaired) electrons. The quantitative estimate of drug-likeness (QED) is 0.818. The second-order valence-corrected chi connectivity index (χ2v) is 7.83. The molecule has 2 saturated heterocycles. The van der Waals surface area contributed by atoms with E-state index in [0.717, 1.165) is 17.3 Å². The van der Waals surface area contributed by atoms with E-state index in [4.69, 9.17) is 16.3 Å².